The molecule has 148 valence electrons. The molecule has 1 atom stereocenters. The van der Waals surface area contributed by atoms with Crippen molar-refractivity contribution in [2.45, 2.75) is 12.0 Å². The molecule has 0 saturated heterocycles. The van der Waals surface area contributed by atoms with E-state index in [9.17, 15) is 17.7 Å². The van der Waals surface area contributed by atoms with E-state index in [-0.39, 0.29) is 5.69 Å². The van der Waals surface area contributed by atoms with Crippen LogP contribution in [0, 0.1) is 0 Å². The number of alkyl halides is 3. The Bertz CT molecular complexity index is 1010. The molecule has 0 aliphatic heterocycles. The average Bonchev–Trinajstić information content (AvgIpc) is 2.70. The van der Waals surface area contributed by atoms with E-state index >= 15 is 0 Å². The number of halogens is 3. The number of fused-ring (bicyclic) bond motifs is 1. The summed E-state index contributed by atoms with van der Waals surface area (Å²) in [5, 5.41) is 4.37. The van der Waals surface area contributed by atoms with Gasteiger partial charge in [0.05, 0.1) is 5.56 Å². The Labute approximate surface area is 160 Å². The SMILES string of the molecule is COP(=O)(OC)C(Nc1ccccc1C(F)(F)F)c1cccc2ccccc12. The van der Waals surface area contributed by atoms with E-state index in [0.29, 0.717) is 5.56 Å². The molecule has 0 saturated carbocycles. The van der Waals surface area contributed by atoms with Crippen molar-refractivity contribution in [1.82, 2.24) is 0 Å². The third-order valence-corrected chi connectivity index (χ3v) is 6.53. The number of hydrogen-bond donors (Lipinski definition) is 1. The van der Waals surface area contributed by atoms with Crippen LogP contribution in [-0.4, -0.2) is 14.2 Å². The molecule has 0 fully saturated rings. The van der Waals surface area contributed by atoms with Gasteiger partial charge in [-0.15, -0.1) is 0 Å². The number of anilines is 1. The Morgan fingerprint density at radius 1 is 0.893 bits per heavy atom. The molecule has 0 bridgehead atoms. The molecule has 3 aromatic rings. The second-order valence-corrected chi connectivity index (χ2v) is 8.39. The quantitative estimate of drug-likeness (QED) is 0.475. The summed E-state index contributed by atoms with van der Waals surface area (Å²) >= 11 is 0. The van der Waals surface area contributed by atoms with Gasteiger partial charge in [-0.3, -0.25) is 4.57 Å². The van der Waals surface area contributed by atoms with Crippen LogP contribution in [0.15, 0.2) is 66.7 Å². The summed E-state index contributed by atoms with van der Waals surface area (Å²) in [6, 6.07) is 17.7. The summed E-state index contributed by atoms with van der Waals surface area (Å²) in [6.45, 7) is 0. The number of rotatable bonds is 6. The van der Waals surface area contributed by atoms with Crippen LogP contribution >= 0.6 is 7.60 Å². The van der Waals surface area contributed by atoms with Crippen LogP contribution in [0.25, 0.3) is 10.8 Å². The first-order valence-electron chi connectivity index (χ1n) is 8.42. The molecule has 3 aromatic carbocycles. The van der Waals surface area contributed by atoms with Gasteiger partial charge in [-0.05, 0) is 28.5 Å². The molecule has 4 nitrogen and oxygen atoms in total. The van der Waals surface area contributed by atoms with E-state index in [1.807, 2.05) is 24.3 Å². The Morgan fingerprint density at radius 2 is 1.50 bits per heavy atom. The lowest BCUT2D eigenvalue weighted by Gasteiger charge is -2.28. The van der Waals surface area contributed by atoms with Crippen LogP contribution in [0.1, 0.15) is 16.9 Å². The van der Waals surface area contributed by atoms with Gasteiger partial charge < -0.3 is 14.4 Å². The third kappa shape index (κ3) is 3.92. The summed E-state index contributed by atoms with van der Waals surface area (Å²) in [5.41, 5.74) is -0.552. The van der Waals surface area contributed by atoms with Crippen molar-refractivity contribution in [3.8, 4) is 0 Å². The highest BCUT2D eigenvalue weighted by molar-refractivity contribution is 7.54. The van der Waals surface area contributed by atoms with Gasteiger partial charge in [0, 0.05) is 19.9 Å². The van der Waals surface area contributed by atoms with Gasteiger partial charge >= 0.3 is 13.8 Å². The minimum absolute atomic E-state index is 0.206. The maximum atomic E-state index is 13.4. The van der Waals surface area contributed by atoms with Gasteiger partial charge in [-0.2, -0.15) is 13.2 Å². The van der Waals surface area contributed by atoms with Crippen molar-refractivity contribution in [3.05, 3.63) is 77.9 Å². The van der Waals surface area contributed by atoms with Crippen LogP contribution in [0.2, 0.25) is 0 Å². The van der Waals surface area contributed by atoms with Crippen molar-refractivity contribution in [1.29, 1.82) is 0 Å². The summed E-state index contributed by atoms with van der Waals surface area (Å²) in [7, 11) is -1.42. The number of benzene rings is 3. The van der Waals surface area contributed by atoms with Crippen molar-refractivity contribution < 1.29 is 26.8 Å². The standard InChI is InChI=1S/C20H19F3NO3P/c1-26-28(25,27-2)19(16-11-7-9-14-8-3-4-10-15(14)16)24-18-13-6-5-12-17(18)20(21,22)23/h3-13,19,24H,1-2H3. The van der Waals surface area contributed by atoms with Gasteiger partial charge in [-0.25, -0.2) is 0 Å². The molecule has 0 spiro atoms. The van der Waals surface area contributed by atoms with E-state index < -0.39 is 25.1 Å². The molecule has 0 radical (unpaired) electrons. The lowest BCUT2D eigenvalue weighted by Crippen LogP contribution is -2.17. The molecule has 0 heterocycles. The zero-order chi connectivity index (χ0) is 20.4. The predicted octanol–water partition coefficient (Wildman–Crippen LogP) is 6.46. The lowest BCUT2D eigenvalue weighted by atomic mass is 10.0. The first-order chi connectivity index (χ1) is 13.3. The molecule has 0 aliphatic carbocycles. The summed E-state index contributed by atoms with van der Waals surface area (Å²) in [6.07, 6.45) is -4.57. The first kappa shape index (κ1) is 20.4. The molecule has 1 N–H and O–H groups in total. The highest BCUT2D eigenvalue weighted by atomic mass is 31.2. The third-order valence-electron chi connectivity index (χ3n) is 4.47. The van der Waals surface area contributed by atoms with Crippen LogP contribution in [-0.2, 0) is 19.8 Å². The van der Waals surface area contributed by atoms with E-state index in [2.05, 4.69) is 5.32 Å². The fourth-order valence-electron chi connectivity index (χ4n) is 3.10. The molecule has 1 unspecified atom stereocenters. The van der Waals surface area contributed by atoms with Crippen LogP contribution in [0.3, 0.4) is 0 Å². The lowest BCUT2D eigenvalue weighted by molar-refractivity contribution is -0.137. The summed E-state index contributed by atoms with van der Waals surface area (Å²) in [4.78, 5) is 0. The van der Waals surface area contributed by atoms with Crippen molar-refractivity contribution >= 4 is 24.1 Å². The second-order valence-electron chi connectivity index (χ2n) is 6.06. The minimum atomic E-state index is -4.57. The minimum Gasteiger partial charge on any atom is -0.367 e. The van der Waals surface area contributed by atoms with Crippen molar-refractivity contribution in [2.24, 2.45) is 0 Å². The number of para-hydroxylation sites is 1. The van der Waals surface area contributed by atoms with Crippen molar-refractivity contribution in [3.63, 3.8) is 0 Å². The molecular weight excluding hydrogens is 390 g/mol. The number of hydrogen-bond acceptors (Lipinski definition) is 4. The molecule has 0 aromatic heterocycles. The van der Waals surface area contributed by atoms with E-state index in [1.54, 1.807) is 18.2 Å². The summed E-state index contributed by atoms with van der Waals surface area (Å²) in [5.74, 6) is -1.14. The Morgan fingerprint density at radius 3 is 2.18 bits per heavy atom. The fraction of sp³-hybridized carbons (Fsp3) is 0.200. The smallest absolute Gasteiger partial charge is 0.367 e. The zero-order valence-corrected chi connectivity index (χ0v) is 16.1. The predicted molar refractivity (Wildman–Crippen MR) is 103 cm³/mol. The van der Waals surface area contributed by atoms with Crippen LogP contribution in [0.5, 0.6) is 0 Å². The van der Waals surface area contributed by atoms with Gasteiger partial charge in [0.15, 0.2) is 5.78 Å². The van der Waals surface area contributed by atoms with E-state index in [1.165, 1.54) is 32.4 Å². The maximum Gasteiger partial charge on any atom is 0.418 e. The molecule has 0 amide bonds. The van der Waals surface area contributed by atoms with Crippen LogP contribution in [0.4, 0.5) is 18.9 Å². The monoisotopic (exact) mass is 409 g/mol. The highest BCUT2D eigenvalue weighted by Crippen LogP contribution is 2.60. The van der Waals surface area contributed by atoms with Crippen molar-refractivity contribution in [2.75, 3.05) is 19.5 Å². The number of nitrogens with one attached hydrogen (secondary N) is 1. The zero-order valence-electron chi connectivity index (χ0n) is 15.2. The van der Waals surface area contributed by atoms with E-state index in [0.717, 1.165) is 16.8 Å². The van der Waals surface area contributed by atoms with Gasteiger partial charge in [-0.1, -0.05) is 54.6 Å². The Kier molecular flexibility index (Phi) is 5.79. The molecule has 3 rings (SSSR count). The largest absolute Gasteiger partial charge is 0.418 e. The first-order valence-corrected chi connectivity index (χ1v) is 10.0. The summed E-state index contributed by atoms with van der Waals surface area (Å²) < 4.78 is 63.9. The van der Waals surface area contributed by atoms with Crippen LogP contribution < -0.4 is 5.32 Å². The second kappa shape index (κ2) is 7.95. The molecular formula is C20H19F3NO3P. The van der Waals surface area contributed by atoms with Gasteiger partial charge in [0.1, 0.15) is 0 Å². The average molecular weight is 409 g/mol. The maximum absolute atomic E-state index is 13.4. The normalized spacial score (nSPS) is 13.5. The molecule has 0 aliphatic rings. The fourth-order valence-corrected chi connectivity index (χ4v) is 4.54. The molecule has 8 heteroatoms. The van der Waals surface area contributed by atoms with E-state index in [4.69, 9.17) is 9.05 Å². The molecule has 28 heavy (non-hydrogen) atoms. The Balaban J connectivity index is 2.19. The highest BCUT2D eigenvalue weighted by Gasteiger charge is 2.39. The topological polar surface area (TPSA) is 47.6 Å². The van der Waals surface area contributed by atoms with Gasteiger partial charge in [0.2, 0.25) is 0 Å². The van der Waals surface area contributed by atoms with Gasteiger partial charge in [0.25, 0.3) is 0 Å². The Hall–Kier alpha value is -2.34.